The maximum absolute atomic E-state index is 13.6. The van der Waals surface area contributed by atoms with Gasteiger partial charge in [0.15, 0.2) is 0 Å². The smallest absolute Gasteiger partial charge is 0.306 e. The van der Waals surface area contributed by atoms with Gasteiger partial charge in [-0.2, -0.15) is 0 Å². The number of allylic oxidation sites excluding steroid dienone is 21. The molecule has 83 heavy (non-hydrogen) atoms. The van der Waals surface area contributed by atoms with E-state index in [2.05, 4.69) is 148 Å². The third-order valence-corrected chi connectivity index (χ3v) is 15.0. The molecule has 9 nitrogen and oxygen atoms in total. The summed E-state index contributed by atoms with van der Waals surface area (Å²) in [6, 6.07) is -0.910. The van der Waals surface area contributed by atoms with Crippen molar-refractivity contribution >= 4 is 19.7 Å². The maximum Gasteiger partial charge on any atom is 0.306 e. The predicted octanol–water partition coefficient (Wildman–Crippen LogP) is 20.6. The highest BCUT2D eigenvalue weighted by atomic mass is 31.2. The molecule has 1 amide bonds. The molecule has 1 N–H and O–H groups in total. The number of carbonyl (C=O) groups is 2. The minimum absolute atomic E-state index is 0.0342. The molecule has 474 valence electrons. The Labute approximate surface area is 511 Å². The molecule has 0 rings (SSSR count). The lowest BCUT2D eigenvalue weighted by atomic mass is 10.0. The summed E-state index contributed by atoms with van der Waals surface area (Å²) in [4.78, 5) is 40.1. The van der Waals surface area contributed by atoms with Gasteiger partial charge >= 0.3 is 5.97 Å². The molecule has 0 aliphatic rings. The number of nitrogens with one attached hydrogen (secondary N) is 1. The van der Waals surface area contributed by atoms with Gasteiger partial charge in [-0.1, -0.05) is 264 Å². The zero-order valence-corrected chi connectivity index (χ0v) is 55.0. The Morgan fingerprint density at radius 3 is 1.16 bits per heavy atom. The molecule has 0 radical (unpaired) electrons. The molecule has 0 heterocycles. The molecule has 0 fully saturated rings. The van der Waals surface area contributed by atoms with Crippen LogP contribution in [0.15, 0.2) is 134 Å². The highest BCUT2D eigenvalue weighted by molar-refractivity contribution is 7.45. The van der Waals surface area contributed by atoms with E-state index in [0.29, 0.717) is 23.9 Å². The molecule has 3 unspecified atom stereocenters. The fourth-order valence-electron chi connectivity index (χ4n) is 8.99. The van der Waals surface area contributed by atoms with Gasteiger partial charge < -0.3 is 28.5 Å². The van der Waals surface area contributed by atoms with Crippen molar-refractivity contribution in [3.05, 3.63) is 134 Å². The molecule has 0 spiro atoms. The number of ether oxygens (including phenoxy) is 1. The number of phosphoric ester groups is 1. The number of amides is 1. The number of quaternary nitrogens is 1. The minimum Gasteiger partial charge on any atom is -0.756 e. The fourth-order valence-corrected chi connectivity index (χ4v) is 9.71. The third kappa shape index (κ3) is 62.5. The monoisotopic (exact) mass is 1170 g/mol. The summed E-state index contributed by atoms with van der Waals surface area (Å²) in [5, 5.41) is 3.02. The Balaban J connectivity index is 5.16. The van der Waals surface area contributed by atoms with Crippen LogP contribution in [0.4, 0.5) is 0 Å². The average Bonchev–Trinajstić information content (AvgIpc) is 3.51. The molecule has 0 aromatic heterocycles. The zero-order chi connectivity index (χ0) is 60.7. The first kappa shape index (κ1) is 79.2. The SMILES string of the molecule is CC/C=C\C/C=C\C/C=C\C/C=C\C/C=C\CCCCCCCCCCCC(=O)NC(COP(=O)([O-])OCC[N+](C)(C)C)C(/C=C\CCCCCCCCCCC)OC(=O)CCCCCCC/C=C\C/C=C\C/C=C\C/C=C\C/C=C\CC. The van der Waals surface area contributed by atoms with Crippen LogP contribution in [0.5, 0.6) is 0 Å². The van der Waals surface area contributed by atoms with Gasteiger partial charge in [0.25, 0.3) is 7.82 Å². The molecular weight excluding hydrogens is 1050 g/mol. The number of likely N-dealkylation sites (N-methyl/N-ethyl adjacent to an activating group) is 1. The van der Waals surface area contributed by atoms with E-state index < -0.39 is 26.6 Å². The minimum atomic E-state index is -4.72. The highest BCUT2D eigenvalue weighted by Gasteiger charge is 2.27. The van der Waals surface area contributed by atoms with E-state index in [9.17, 15) is 19.0 Å². The quantitative estimate of drug-likeness (QED) is 0.0212. The molecule has 0 aromatic carbocycles. The average molecular weight is 1170 g/mol. The second-order valence-electron chi connectivity index (χ2n) is 23.2. The number of phosphoric acid groups is 1. The van der Waals surface area contributed by atoms with E-state index in [1.54, 1.807) is 0 Å². The van der Waals surface area contributed by atoms with Crippen molar-refractivity contribution in [3.8, 4) is 0 Å². The Hall–Kier alpha value is -3.85. The summed E-state index contributed by atoms with van der Waals surface area (Å²) in [6.07, 6.45) is 87.1. The van der Waals surface area contributed by atoms with Gasteiger partial charge in [-0.3, -0.25) is 14.2 Å². The Bertz CT molecular complexity index is 1880. The van der Waals surface area contributed by atoms with Crippen molar-refractivity contribution < 1.29 is 37.3 Å². The van der Waals surface area contributed by atoms with E-state index in [4.69, 9.17) is 13.8 Å². The number of carbonyl (C=O) groups excluding carboxylic acids is 2. The first-order valence-corrected chi connectivity index (χ1v) is 35.0. The summed E-state index contributed by atoms with van der Waals surface area (Å²) in [5.41, 5.74) is 0. The van der Waals surface area contributed by atoms with Gasteiger partial charge in [0, 0.05) is 12.8 Å². The molecule has 10 heteroatoms. The summed E-state index contributed by atoms with van der Waals surface area (Å²) < 4.78 is 30.4. The fraction of sp³-hybridized carbons (Fsp3) is 0.671. The van der Waals surface area contributed by atoms with Crippen LogP contribution in [-0.2, 0) is 27.9 Å². The zero-order valence-electron chi connectivity index (χ0n) is 54.1. The van der Waals surface area contributed by atoms with Gasteiger partial charge in [-0.25, -0.2) is 0 Å². The summed E-state index contributed by atoms with van der Waals surface area (Å²) in [6.45, 7) is 6.58. The van der Waals surface area contributed by atoms with Crippen molar-refractivity contribution in [2.45, 2.75) is 277 Å². The van der Waals surface area contributed by atoms with Crippen molar-refractivity contribution in [3.63, 3.8) is 0 Å². The standard InChI is InChI=1S/C73H125N2O7P/c1-7-10-13-16-19-22-25-27-29-31-33-35-36-37-38-40-41-43-45-47-50-53-56-59-62-65-72(76)74-70(69-81-83(78,79)80-68-67-75(4,5)6)71(64-61-58-55-52-49-24-21-18-15-12-9-3)82-73(77)66-63-60-57-54-51-48-46-44-42-39-34-32-30-28-26-23-20-17-14-11-8-2/h10-11,13-14,19-20,22-23,27-30,33-35,37-39,44,46,61,64,70-71H,7-9,12,15-18,21,24-26,31-32,36,40-43,45,47-60,62-63,65-69H2,1-6H3,(H-,74,76,78,79)/b13-10-,14-11-,22-19-,23-20-,29-27-,30-28-,35-33-,38-37-,39-34-,46-44-,64-61-. The van der Waals surface area contributed by atoms with E-state index in [1.165, 1.54) is 77.0 Å². The van der Waals surface area contributed by atoms with Crippen LogP contribution in [0.25, 0.3) is 0 Å². The summed E-state index contributed by atoms with van der Waals surface area (Å²) in [7, 11) is 1.15. The van der Waals surface area contributed by atoms with Crippen molar-refractivity contribution in [1.82, 2.24) is 5.32 Å². The number of nitrogens with zero attached hydrogens (tertiary/aromatic N) is 1. The molecule has 0 aliphatic heterocycles. The van der Waals surface area contributed by atoms with Gasteiger partial charge in [-0.05, 0) is 122 Å². The Morgan fingerprint density at radius 2 is 0.771 bits per heavy atom. The molecule has 0 aliphatic carbocycles. The largest absolute Gasteiger partial charge is 0.756 e. The molecular formula is C73H125N2O7P. The lowest BCUT2D eigenvalue weighted by Crippen LogP contribution is -2.47. The van der Waals surface area contributed by atoms with Gasteiger partial charge in [0.1, 0.15) is 19.3 Å². The first-order chi connectivity index (χ1) is 40.4. The molecule has 0 saturated heterocycles. The number of hydrogen-bond acceptors (Lipinski definition) is 7. The summed E-state index contributed by atoms with van der Waals surface area (Å²) in [5.74, 6) is -0.577. The maximum atomic E-state index is 13.6. The van der Waals surface area contributed by atoms with E-state index in [-0.39, 0.29) is 24.9 Å². The van der Waals surface area contributed by atoms with Gasteiger partial charge in [-0.15, -0.1) is 0 Å². The second-order valence-corrected chi connectivity index (χ2v) is 24.6. The normalized spacial score (nSPS) is 14.4. The second kappa shape index (κ2) is 61.2. The van der Waals surface area contributed by atoms with Crippen molar-refractivity contribution in [1.29, 1.82) is 0 Å². The number of rotatable bonds is 59. The number of esters is 1. The molecule has 3 atom stereocenters. The van der Waals surface area contributed by atoms with Crippen molar-refractivity contribution in [2.75, 3.05) is 40.9 Å². The Kier molecular flexibility index (Phi) is 58.4. The number of hydrogen-bond donors (Lipinski definition) is 1. The van der Waals surface area contributed by atoms with Crippen LogP contribution < -0.4 is 10.2 Å². The lowest BCUT2D eigenvalue weighted by molar-refractivity contribution is -0.870. The third-order valence-electron chi connectivity index (χ3n) is 14.1. The number of unbranched alkanes of at least 4 members (excludes halogenated alkanes) is 23. The van der Waals surface area contributed by atoms with E-state index in [1.807, 2.05) is 33.3 Å². The Morgan fingerprint density at radius 1 is 0.434 bits per heavy atom. The lowest BCUT2D eigenvalue weighted by Gasteiger charge is -2.30. The van der Waals surface area contributed by atoms with Gasteiger partial charge in [0.05, 0.1) is 33.8 Å². The van der Waals surface area contributed by atoms with E-state index >= 15 is 0 Å². The summed E-state index contributed by atoms with van der Waals surface area (Å²) >= 11 is 0. The van der Waals surface area contributed by atoms with Crippen LogP contribution in [0.1, 0.15) is 265 Å². The molecule has 0 saturated carbocycles. The van der Waals surface area contributed by atoms with Crippen LogP contribution in [0.2, 0.25) is 0 Å². The first-order valence-electron chi connectivity index (χ1n) is 33.5. The predicted molar refractivity (Wildman–Crippen MR) is 357 cm³/mol. The molecule has 0 aromatic rings. The molecule has 0 bridgehead atoms. The van der Waals surface area contributed by atoms with Crippen LogP contribution in [-0.4, -0.2) is 69.4 Å². The van der Waals surface area contributed by atoms with Crippen LogP contribution >= 0.6 is 7.82 Å². The van der Waals surface area contributed by atoms with Crippen LogP contribution in [0, 0.1) is 0 Å². The highest BCUT2D eigenvalue weighted by Crippen LogP contribution is 2.38. The van der Waals surface area contributed by atoms with Gasteiger partial charge in [0.2, 0.25) is 5.91 Å². The van der Waals surface area contributed by atoms with Crippen LogP contribution in [0.3, 0.4) is 0 Å². The topological polar surface area (TPSA) is 114 Å². The van der Waals surface area contributed by atoms with E-state index in [0.717, 1.165) is 148 Å². The van der Waals surface area contributed by atoms with Crippen molar-refractivity contribution in [2.24, 2.45) is 0 Å².